The van der Waals surface area contributed by atoms with E-state index in [1.807, 2.05) is 25.1 Å². The lowest BCUT2D eigenvalue weighted by Crippen LogP contribution is -2.54. The number of pyridine rings is 1. The molecule has 3 aliphatic rings. The van der Waals surface area contributed by atoms with E-state index in [9.17, 15) is 4.79 Å². The third-order valence-corrected chi connectivity index (χ3v) is 6.42. The molecule has 1 amide bonds. The monoisotopic (exact) mass is 410 g/mol. The first kappa shape index (κ1) is 19.0. The number of carbonyl (C=O) groups excluding carboxylic acids is 1. The molecule has 158 valence electrons. The van der Waals surface area contributed by atoms with Crippen LogP contribution in [-0.2, 0) is 14.9 Å². The second-order valence-electron chi connectivity index (χ2n) is 9.17. The molecule has 5 rings (SSSR count). The van der Waals surface area contributed by atoms with Gasteiger partial charge in [0.25, 0.3) is 0 Å². The molecule has 2 fully saturated rings. The first-order chi connectivity index (χ1) is 14.2. The van der Waals surface area contributed by atoms with E-state index in [2.05, 4.69) is 35.6 Å². The SMILES string of the molecule is C[C@H]1COC(=O)N1c1cccc(N2c3nc(N)ncc3[C@@]3(C)COC(C)(C)C[C@@H]23)n1. The first-order valence-electron chi connectivity index (χ1n) is 10.2. The number of amides is 1. The summed E-state index contributed by atoms with van der Waals surface area (Å²) < 4.78 is 11.4. The van der Waals surface area contributed by atoms with Gasteiger partial charge in [-0.15, -0.1) is 0 Å². The topological polar surface area (TPSA) is 107 Å². The minimum Gasteiger partial charge on any atom is -0.447 e. The second kappa shape index (κ2) is 6.28. The predicted molar refractivity (Wildman–Crippen MR) is 112 cm³/mol. The summed E-state index contributed by atoms with van der Waals surface area (Å²) in [5.41, 5.74) is 6.37. The van der Waals surface area contributed by atoms with Gasteiger partial charge in [-0.2, -0.15) is 4.98 Å². The van der Waals surface area contributed by atoms with Crippen molar-refractivity contribution in [3.8, 4) is 0 Å². The number of fused-ring (bicyclic) bond motifs is 3. The molecule has 2 aromatic heterocycles. The van der Waals surface area contributed by atoms with Crippen molar-refractivity contribution in [2.45, 2.75) is 57.2 Å². The van der Waals surface area contributed by atoms with Crippen molar-refractivity contribution in [1.82, 2.24) is 15.0 Å². The van der Waals surface area contributed by atoms with Crippen LogP contribution in [0, 0.1) is 0 Å². The fourth-order valence-electron chi connectivity index (χ4n) is 4.73. The number of hydrogen-bond donors (Lipinski definition) is 1. The number of cyclic esters (lactones) is 1. The number of rotatable bonds is 2. The van der Waals surface area contributed by atoms with E-state index >= 15 is 0 Å². The lowest BCUT2D eigenvalue weighted by Gasteiger charge is -2.46. The molecule has 3 atom stereocenters. The van der Waals surface area contributed by atoms with Crippen LogP contribution in [0.2, 0.25) is 0 Å². The highest BCUT2D eigenvalue weighted by atomic mass is 16.6. The molecule has 2 saturated heterocycles. The van der Waals surface area contributed by atoms with Crippen LogP contribution in [0.1, 0.15) is 39.7 Å². The summed E-state index contributed by atoms with van der Waals surface area (Å²) in [6.07, 6.45) is 2.21. The van der Waals surface area contributed by atoms with Crippen molar-refractivity contribution in [2.75, 3.05) is 28.7 Å². The van der Waals surface area contributed by atoms with E-state index in [4.69, 9.17) is 20.2 Å². The smallest absolute Gasteiger partial charge is 0.415 e. The number of anilines is 4. The molecular weight excluding hydrogens is 384 g/mol. The maximum absolute atomic E-state index is 12.2. The van der Waals surface area contributed by atoms with Gasteiger partial charge in [0.2, 0.25) is 5.95 Å². The Morgan fingerprint density at radius 3 is 2.60 bits per heavy atom. The highest BCUT2D eigenvalue weighted by Gasteiger charge is 2.55. The van der Waals surface area contributed by atoms with Gasteiger partial charge in [-0.25, -0.2) is 14.8 Å². The molecule has 3 aliphatic heterocycles. The average molecular weight is 410 g/mol. The lowest BCUT2D eigenvalue weighted by atomic mass is 9.73. The molecule has 2 aromatic rings. The van der Waals surface area contributed by atoms with E-state index in [1.165, 1.54) is 0 Å². The molecule has 0 bridgehead atoms. The molecule has 0 saturated carbocycles. The predicted octanol–water partition coefficient (Wildman–Crippen LogP) is 2.78. The van der Waals surface area contributed by atoms with Crippen molar-refractivity contribution < 1.29 is 14.3 Å². The highest BCUT2D eigenvalue weighted by Crippen LogP contribution is 2.52. The maximum Gasteiger partial charge on any atom is 0.415 e. The van der Waals surface area contributed by atoms with Gasteiger partial charge in [0.1, 0.15) is 24.1 Å². The van der Waals surface area contributed by atoms with Crippen molar-refractivity contribution in [2.24, 2.45) is 0 Å². The summed E-state index contributed by atoms with van der Waals surface area (Å²) in [6, 6.07) is 5.66. The molecule has 9 heteroatoms. The number of nitrogens with two attached hydrogens (primary N) is 1. The van der Waals surface area contributed by atoms with Crippen molar-refractivity contribution in [3.05, 3.63) is 30.0 Å². The summed E-state index contributed by atoms with van der Waals surface area (Å²) in [5, 5.41) is 0. The largest absolute Gasteiger partial charge is 0.447 e. The van der Waals surface area contributed by atoms with Gasteiger partial charge in [-0.3, -0.25) is 4.90 Å². The summed E-state index contributed by atoms with van der Waals surface area (Å²) in [4.78, 5) is 29.6. The molecule has 9 nitrogen and oxygen atoms in total. The van der Waals surface area contributed by atoms with Crippen LogP contribution in [0.4, 0.5) is 28.2 Å². The summed E-state index contributed by atoms with van der Waals surface area (Å²) in [5.74, 6) is 2.24. The van der Waals surface area contributed by atoms with Crippen LogP contribution in [0.15, 0.2) is 24.4 Å². The molecular formula is C21H26N6O3. The zero-order chi connectivity index (χ0) is 21.3. The minimum absolute atomic E-state index is 0.0676. The number of ether oxygens (including phenoxy) is 2. The number of hydrogen-bond acceptors (Lipinski definition) is 8. The summed E-state index contributed by atoms with van der Waals surface area (Å²) in [7, 11) is 0. The van der Waals surface area contributed by atoms with E-state index in [0.717, 1.165) is 17.8 Å². The molecule has 5 heterocycles. The van der Waals surface area contributed by atoms with Gasteiger partial charge in [0.15, 0.2) is 0 Å². The molecule has 0 aliphatic carbocycles. The number of nitrogens with zero attached hydrogens (tertiary/aromatic N) is 5. The fraction of sp³-hybridized carbons (Fsp3) is 0.524. The van der Waals surface area contributed by atoms with Gasteiger partial charge < -0.3 is 20.1 Å². The fourth-order valence-corrected chi connectivity index (χ4v) is 4.73. The first-order valence-corrected chi connectivity index (χ1v) is 10.2. The van der Waals surface area contributed by atoms with Gasteiger partial charge in [-0.05, 0) is 39.3 Å². The van der Waals surface area contributed by atoms with Gasteiger partial charge >= 0.3 is 6.09 Å². The van der Waals surface area contributed by atoms with Crippen LogP contribution in [-0.4, -0.2) is 51.9 Å². The standard InChI is InChI=1S/C21H26N6O3/c1-12-10-29-19(28)26(12)15-6-5-7-16(24-15)27-14-8-20(2,3)30-11-21(14,4)13-9-23-18(22)25-17(13)27/h5-7,9,12,14H,8,10-11H2,1-4H3,(H2,22,23,25)/t12-,14+,21+/m0/s1. The Kier molecular flexibility index (Phi) is 3.99. The van der Waals surface area contributed by atoms with Crippen LogP contribution < -0.4 is 15.5 Å². The Morgan fingerprint density at radius 2 is 1.90 bits per heavy atom. The number of aromatic nitrogens is 3. The summed E-state index contributed by atoms with van der Waals surface area (Å²) in [6.45, 7) is 9.22. The van der Waals surface area contributed by atoms with E-state index in [1.54, 1.807) is 11.1 Å². The van der Waals surface area contributed by atoms with Crippen LogP contribution >= 0.6 is 0 Å². The molecule has 0 radical (unpaired) electrons. The van der Waals surface area contributed by atoms with E-state index < -0.39 is 0 Å². The normalized spacial score (nSPS) is 29.5. The Morgan fingerprint density at radius 1 is 1.17 bits per heavy atom. The van der Waals surface area contributed by atoms with Gasteiger partial charge in [0.05, 0.1) is 24.3 Å². The van der Waals surface area contributed by atoms with Crippen LogP contribution in [0.3, 0.4) is 0 Å². The molecule has 0 unspecified atom stereocenters. The second-order valence-corrected chi connectivity index (χ2v) is 9.17. The highest BCUT2D eigenvalue weighted by molar-refractivity contribution is 5.89. The Labute approximate surface area is 175 Å². The zero-order valence-electron chi connectivity index (χ0n) is 17.6. The zero-order valence-corrected chi connectivity index (χ0v) is 17.6. The molecule has 0 aromatic carbocycles. The molecule has 0 spiro atoms. The quantitative estimate of drug-likeness (QED) is 0.805. The Balaban J connectivity index is 1.64. The Hall–Kier alpha value is -2.94. The number of carbonyl (C=O) groups is 1. The maximum atomic E-state index is 12.2. The van der Waals surface area contributed by atoms with Crippen molar-refractivity contribution in [1.29, 1.82) is 0 Å². The number of nitrogen functional groups attached to an aromatic ring is 1. The van der Waals surface area contributed by atoms with Gasteiger partial charge in [0, 0.05) is 17.2 Å². The molecule has 2 N–H and O–H groups in total. The van der Waals surface area contributed by atoms with Crippen LogP contribution in [0.25, 0.3) is 0 Å². The van der Waals surface area contributed by atoms with Crippen molar-refractivity contribution >= 4 is 29.5 Å². The third-order valence-electron chi connectivity index (χ3n) is 6.42. The average Bonchev–Trinajstić information content (AvgIpc) is 3.15. The van der Waals surface area contributed by atoms with Crippen LogP contribution in [0.5, 0.6) is 0 Å². The van der Waals surface area contributed by atoms with Crippen molar-refractivity contribution in [3.63, 3.8) is 0 Å². The minimum atomic E-state index is -0.377. The molecule has 30 heavy (non-hydrogen) atoms. The lowest BCUT2D eigenvalue weighted by molar-refractivity contribution is -0.0893. The van der Waals surface area contributed by atoms with Gasteiger partial charge in [-0.1, -0.05) is 13.0 Å². The summed E-state index contributed by atoms with van der Waals surface area (Å²) >= 11 is 0. The van der Waals surface area contributed by atoms with E-state index in [0.29, 0.717) is 24.8 Å². The third kappa shape index (κ3) is 2.72. The Bertz CT molecular complexity index is 1030. The van der Waals surface area contributed by atoms with E-state index in [-0.39, 0.29) is 35.1 Å².